The zero-order valence-corrected chi connectivity index (χ0v) is 41.1. The van der Waals surface area contributed by atoms with Crippen LogP contribution in [-0.2, 0) is 50.7 Å². The molecule has 0 radical (unpaired) electrons. The third kappa shape index (κ3) is 21.5. The van der Waals surface area contributed by atoms with Crippen LogP contribution in [0.4, 0.5) is 5.82 Å². The van der Waals surface area contributed by atoms with E-state index >= 15 is 0 Å². The van der Waals surface area contributed by atoms with Crippen molar-refractivity contribution in [1.29, 1.82) is 0 Å². The lowest BCUT2D eigenvalue weighted by Crippen LogP contribution is -2.46. The molecule has 3 rings (SSSR count). The van der Waals surface area contributed by atoms with Gasteiger partial charge < -0.3 is 50.9 Å². The average molecular weight is 1030 g/mol. The maximum Gasteiger partial charge on any atom is 0.481 e. The Morgan fingerprint density at radius 3 is 2.25 bits per heavy atom. The number of anilines is 1. The fraction of sp³-hybridized carbons (Fsp3) is 0.641. The number of carbonyl (C=O) groups is 3. The van der Waals surface area contributed by atoms with Crippen LogP contribution in [0.25, 0.3) is 11.2 Å². The van der Waals surface area contributed by atoms with Crippen molar-refractivity contribution in [3.63, 3.8) is 0 Å². The Labute approximate surface area is 393 Å². The van der Waals surface area contributed by atoms with E-state index in [2.05, 4.69) is 65.6 Å². The summed E-state index contributed by atoms with van der Waals surface area (Å²) >= 11 is 1.06. The van der Waals surface area contributed by atoms with E-state index in [0.29, 0.717) is 5.75 Å². The average Bonchev–Trinajstić information content (AvgIpc) is 3.81. The lowest BCUT2D eigenvalue weighted by molar-refractivity contribution is -0.137. The zero-order valence-electron chi connectivity index (χ0n) is 37.6. The Balaban J connectivity index is 1.32. The van der Waals surface area contributed by atoms with Gasteiger partial charge in [-0.25, -0.2) is 28.6 Å². The SMILES string of the molecule is CCCCC/C=C\C/C=C\CCCCC/C=C/C(=O)SCCNC(=O)CCNC(=O)[C@H](O)C(C)(C)COP(=O)(O)OP(=O)(O)OC[C@H]1O[C@@H](n2cnc3c(N)ncnc32)[C@H](O)[C@@H]1OP(=O)(O)O. The van der Waals surface area contributed by atoms with E-state index in [1.807, 2.05) is 6.08 Å². The number of thioether (sulfide) groups is 1. The summed E-state index contributed by atoms with van der Waals surface area (Å²) in [6.45, 7) is 2.69. The Kier molecular flexibility index (Phi) is 24.7. The number of nitrogens with one attached hydrogen (secondary N) is 2. The first-order valence-electron chi connectivity index (χ1n) is 21.6. The van der Waals surface area contributed by atoms with Crippen LogP contribution in [0, 0.1) is 5.41 Å². The standard InChI is InChI=1S/C39H64N7O17P3S/c1-4-5-6-7-8-9-10-11-12-13-14-15-16-17-18-19-30(48)67-23-22-41-29(47)20-21-42-37(51)34(50)39(2,3)25-60-66(57,58)63-65(55,56)59-24-28-33(62-64(52,53)54)32(49)38(61-28)46-27-45-31-35(40)43-26-44-36(31)46/h8-9,11-12,18-19,26-28,32-34,38,49-50H,4-7,10,13-17,20-25H2,1-3H3,(H,41,47)(H,42,51)(H,55,56)(H,57,58)(H2,40,43,44)(H2,52,53,54)/b9-8-,12-11-,19-18+/t28-,32-,33-,34+,38-/m1/s1. The number of nitrogen functional groups attached to an aromatic ring is 1. The number of aliphatic hydroxyl groups excluding tert-OH is 2. The number of amides is 2. The Hall–Kier alpha value is -3.22. The minimum Gasteiger partial charge on any atom is -0.386 e. The van der Waals surface area contributed by atoms with E-state index in [4.69, 9.17) is 19.5 Å². The van der Waals surface area contributed by atoms with Gasteiger partial charge in [0.05, 0.1) is 19.5 Å². The highest BCUT2D eigenvalue weighted by atomic mass is 32.2. The molecule has 28 heteroatoms. The number of allylic oxidation sites excluding steroid dienone is 5. The van der Waals surface area contributed by atoms with Gasteiger partial charge in [-0.15, -0.1) is 0 Å². The lowest BCUT2D eigenvalue weighted by atomic mass is 9.87. The van der Waals surface area contributed by atoms with Gasteiger partial charge in [0.1, 0.15) is 36.3 Å². The molecule has 67 heavy (non-hydrogen) atoms. The number of phosphoric acid groups is 3. The molecule has 2 aromatic rings. The van der Waals surface area contributed by atoms with Crippen LogP contribution < -0.4 is 16.4 Å². The number of aromatic nitrogens is 4. The fourth-order valence-electron chi connectivity index (χ4n) is 6.23. The molecule has 1 saturated heterocycles. The summed E-state index contributed by atoms with van der Waals surface area (Å²) in [4.78, 5) is 88.2. The molecule has 0 aliphatic carbocycles. The number of phosphoric ester groups is 3. The van der Waals surface area contributed by atoms with Crippen LogP contribution >= 0.6 is 35.2 Å². The van der Waals surface area contributed by atoms with Crippen molar-refractivity contribution < 1.29 is 80.5 Å². The number of imidazole rings is 1. The van der Waals surface area contributed by atoms with Gasteiger partial charge in [-0.05, 0) is 51.0 Å². The van der Waals surface area contributed by atoms with Crippen molar-refractivity contribution in [3.05, 3.63) is 49.1 Å². The highest BCUT2D eigenvalue weighted by Gasteiger charge is 2.50. The number of carbonyl (C=O) groups excluding carboxylic acids is 3. The molecule has 2 unspecified atom stereocenters. The van der Waals surface area contributed by atoms with E-state index in [9.17, 15) is 57.9 Å². The summed E-state index contributed by atoms with van der Waals surface area (Å²) in [6, 6.07) is 0. The van der Waals surface area contributed by atoms with Gasteiger partial charge in [-0.3, -0.25) is 32.5 Å². The van der Waals surface area contributed by atoms with Crippen molar-refractivity contribution in [1.82, 2.24) is 30.2 Å². The van der Waals surface area contributed by atoms with Crippen LogP contribution in [0.1, 0.15) is 97.6 Å². The van der Waals surface area contributed by atoms with E-state index < -0.39 is 84.6 Å². The maximum absolute atomic E-state index is 12.7. The predicted molar refractivity (Wildman–Crippen MR) is 246 cm³/mol. The number of rotatable bonds is 32. The molecule has 3 heterocycles. The third-order valence-electron chi connectivity index (χ3n) is 9.82. The number of aliphatic hydroxyl groups is 2. The molecule has 0 bridgehead atoms. The third-order valence-corrected chi connectivity index (χ3v) is 13.8. The first-order chi connectivity index (χ1) is 31.6. The zero-order chi connectivity index (χ0) is 49.7. The van der Waals surface area contributed by atoms with E-state index in [1.54, 1.807) is 0 Å². The van der Waals surface area contributed by atoms with Crippen LogP contribution in [0.5, 0.6) is 0 Å². The van der Waals surface area contributed by atoms with Crippen molar-refractivity contribution in [3.8, 4) is 0 Å². The van der Waals surface area contributed by atoms with Crippen molar-refractivity contribution in [2.24, 2.45) is 5.41 Å². The van der Waals surface area contributed by atoms with Gasteiger partial charge in [0.25, 0.3) is 0 Å². The molecular formula is C39H64N7O17P3S. The number of hydrogen-bond donors (Lipinski definition) is 9. The highest BCUT2D eigenvalue weighted by Crippen LogP contribution is 2.61. The molecule has 1 aliphatic heterocycles. The normalized spacial score (nSPS) is 20.4. The highest BCUT2D eigenvalue weighted by molar-refractivity contribution is 8.14. The molecule has 378 valence electrons. The van der Waals surface area contributed by atoms with E-state index in [-0.39, 0.29) is 41.6 Å². The topological polar surface area (TPSA) is 364 Å². The van der Waals surface area contributed by atoms with Crippen molar-refractivity contribution in [2.45, 2.75) is 122 Å². The quantitative estimate of drug-likeness (QED) is 0.0214. The van der Waals surface area contributed by atoms with Gasteiger partial charge in [0.2, 0.25) is 16.9 Å². The van der Waals surface area contributed by atoms with Crippen LogP contribution in [0.2, 0.25) is 0 Å². The number of unbranched alkanes of at least 4 members (excludes halogenated alkanes) is 7. The minimum absolute atomic E-state index is 0.0307. The Morgan fingerprint density at radius 1 is 0.925 bits per heavy atom. The number of hydrogen-bond acceptors (Lipinski definition) is 18. The maximum atomic E-state index is 12.7. The molecule has 7 atom stereocenters. The second-order valence-corrected chi connectivity index (χ2v) is 21.3. The molecule has 0 saturated carbocycles. The predicted octanol–water partition coefficient (Wildman–Crippen LogP) is 4.25. The van der Waals surface area contributed by atoms with E-state index in [1.165, 1.54) is 39.2 Å². The first kappa shape index (κ1) is 58.1. The Bertz CT molecular complexity index is 2140. The lowest BCUT2D eigenvalue weighted by Gasteiger charge is -2.30. The molecule has 1 aliphatic rings. The fourth-order valence-corrected chi connectivity index (χ4v) is 9.66. The summed E-state index contributed by atoms with van der Waals surface area (Å²) < 4.78 is 62.4. The number of ether oxygens (including phenoxy) is 1. The summed E-state index contributed by atoms with van der Waals surface area (Å²) in [7, 11) is -16.4. The van der Waals surface area contributed by atoms with Crippen LogP contribution in [-0.4, -0.2) is 123 Å². The van der Waals surface area contributed by atoms with Crippen LogP contribution in [0.3, 0.4) is 0 Å². The molecule has 0 aromatic carbocycles. The molecule has 0 spiro atoms. The summed E-state index contributed by atoms with van der Waals surface area (Å²) in [5, 5.41) is 26.4. The number of nitrogens with two attached hydrogens (primary N) is 1. The number of nitrogens with zero attached hydrogens (tertiary/aromatic N) is 4. The van der Waals surface area contributed by atoms with Gasteiger partial charge >= 0.3 is 23.5 Å². The van der Waals surface area contributed by atoms with Gasteiger partial charge in [-0.1, -0.05) is 82.2 Å². The largest absolute Gasteiger partial charge is 0.481 e. The van der Waals surface area contributed by atoms with Gasteiger partial charge in [0.15, 0.2) is 17.7 Å². The first-order valence-corrected chi connectivity index (χ1v) is 27.1. The summed E-state index contributed by atoms with van der Waals surface area (Å²) in [5.41, 5.74) is 4.27. The van der Waals surface area contributed by atoms with E-state index in [0.717, 1.165) is 73.9 Å². The van der Waals surface area contributed by atoms with Crippen molar-refractivity contribution in [2.75, 3.05) is 37.8 Å². The monoisotopic (exact) mass is 1030 g/mol. The summed E-state index contributed by atoms with van der Waals surface area (Å²) in [5.74, 6) is -1.12. The second kappa shape index (κ2) is 28.4. The molecule has 2 aromatic heterocycles. The molecule has 24 nitrogen and oxygen atoms in total. The van der Waals surface area contributed by atoms with Crippen LogP contribution in [0.15, 0.2) is 49.1 Å². The molecular weight excluding hydrogens is 963 g/mol. The number of fused-ring (bicyclic) bond motifs is 1. The van der Waals surface area contributed by atoms with Gasteiger partial charge in [0, 0.05) is 30.7 Å². The minimum atomic E-state index is -5.58. The second-order valence-electron chi connectivity index (χ2n) is 16.0. The molecule has 1 fully saturated rings. The summed E-state index contributed by atoms with van der Waals surface area (Å²) in [6.07, 6.45) is 16.2. The Morgan fingerprint density at radius 2 is 1.58 bits per heavy atom. The van der Waals surface area contributed by atoms with Crippen molar-refractivity contribution >= 4 is 69.1 Å². The molecule has 10 N–H and O–H groups in total. The van der Waals surface area contributed by atoms with Gasteiger partial charge in [-0.2, -0.15) is 4.31 Å². The smallest absolute Gasteiger partial charge is 0.386 e. The molecule has 2 amide bonds.